The second-order valence-corrected chi connectivity index (χ2v) is 28.3. The topological polar surface area (TPSA) is 285 Å². The van der Waals surface area contributed by atoms with Gasteiger partial charge < -0.3 is 46.3 Å². The molecule has 488 valence electrons. The van der Waals surface area contributed by atoms with Gasteiger partial charge in [-0.15, -0.1) is 0 Å². The summed E-state index contributed by atoms with van der Waals surface area (Å²) in [6.07, 6.45) is 13.0. The number of likely N-dealkylation sites (tertiary alicyclic amines) is 1. The molecule has 0 unspecified atom stereocenters. The van der Waals surface area contributed by atoms with E-state index in [1.54, 1.807) is 36.4 Å². The summed E-state index contributed by atoms with van der Waals surface area (Å²) in [4.78, 5) is 147. The molecule has 9 amide bonds. The van der Waals surface area contributed by atoms with Gasteiger partial charge in [0.15, 0.2) is 5.78 Å². The third kappa shape index (κ3) is 28.0. The third-order valence-corrected chi connectivity index (χ3v) is 18.9. The van der Waals surface area contributed by atoms with Crippen molar-refractivity contribution in [1.29, 1.82) is 0 Å². The summed E-state index contributed by atoms with van der Waals surface area (Å²) >= 11 is 2.89. The maximum atomic E-state index is 14.3. The molecule has 0 spiro atoms. The van der Waals surface area contributed by atoms with Crippen LogP contribution < -0.4 is 36.6 Å². The van der Waals surface area contributed by atoms with Crippen molar-refractivity contribution in [3.63, 3.8) is 0 Å². The highest BCUT2D eigenvalue weighted by Crippen LogP contribution is 2.35. The molecule has 0 bridgehead atoms. The van der Waals surface area contributed by atoms with E-state index in [0.717, 1.165) is 28.9 Å². The SMILES string of the molecule is COC(=O)[C@H](CSC/C=C(\C)CC/C=C(\C)COc1ccc(C(=O)c2ccccc2)cc1)NC(=O)[C@@H]1CCCN1C(=O)[C@H](CC(C)C)NC(=O)CNC(=O)[C@H](CCSC)NC(=O)[C@H](CSSC(C)(C)C)NC(=O)CNC(=O)CCCCCN1C(=O)C=CC1=O. The monoisotopic (exact) mass is 1310 g/mol. The Balaban J connectivity index is 1.26. The molecule has 21 nitrogen and oxygen atoms in total. The first-order valence-corrected chi connectivity index (χ1v) is 34.9. The Morgan fingerprint density at radius 1 is 0.719 bits per heavy atom. The number of hydrogen-bond acceptors (Lipinski definition) is 17. The molecule has 25 heteroatoms. The predicted octanol–water partition coefficient (Wildman–Crippen LogP) is 6.50. The number of ether oxygens (including phenoxy) is 2. The number of hydrogen-bond donors (Lipinski definition) is 6. The quantitative estimate of drug-likeness (QED) is 0.0104. The minimum Gasteiger partial charge on any atom is -0.489 e. The van der Waals surface area contributed by atoms with Crippen molar-refractivity contribution < 1.29 is 62.2 Å². The Morgan fingerprint density at radius 3 is 2.03 bits per heavy atom. The van der Waals surface area contributed by atoms with Crippen LogP contribution in [-0.4, -0.2) is 179 Å². The molecule has 6 N–H and O–H groups in total. The van der Waals surface area contributed by atoms with Gasteiger partial charge in [-0.1, -0.05) is 111 Å². The lowest BCUT2D eigenvalue weighted by molar-refractivity contribution is -0.146. The Bertz CT molecular complexity index is 2810. The number of ketones is 1. The van der Waals surface area contributed by atoms with E-state index in [4.69, 9.17) is 9.47 Å². The van der Waals surface area contributed by atoms with E-state index in [-0.39, 0.29) is 72.1 Å². The van der Waals surface area contributed by atoms with Crippen LogP contribution in [0.25, 0.3) is 0 Å². The number of amides is 9. The average Bonchev–Trinajstić information content (AvgIpc) is 3.49. The number of nitrogens with one attached hydrogen (secondary N) is 6. The van der Waals surface area contributed by atoms with Gasteiger partial charge in [-0.05, 0) is 113 Å². The summed E-state index contributed by atoms with van der Waals surface area (Å²) in [7, 11) is 4.10. The molecule has 2 aliphatic heterocycles. The number of rotatable bonds is 39. The highest BCUT2D eigenvalue weighted by Gasteiger charge is 2.39. The molecule has 2 aromatic rings. The van der Waals surface area contributed by atoms with Crippen molar-refractivity contribution in [3.8, 4) is 5.75 Å². The minimum atomic E-state index is -1.11. The van der Waals surface area contributed by atoms with Gasteiger partial charge in [0.1, 0.15) is 42.6 Å². The number of methoxy groups -OCH3 is 1. The van der Waals surface area contributed by atoms with Gasteiger partial charge in [0.2, 0.25) is 41.4 Å². The van der Waals surface area contributed by atoms with Crippen molar-refractivity contribution in [2.45, 2.75) is 148 Å². The molecule has 0 aliphatic carbocycles. The van der Waals surface area contributed by atoms with Crippen LogP contribution in [0.5, 0.6) is 5.75 Å². The van der Waals surface area contributed by atoms with E-state index in [0.29, 0.717) is 67.1 Å². The summed E-state index contributed by atoms with van der Waals surface area (Å²) in [5.74, 6) is -3.46. The second kappa shape index (κ2) is 39.5. The first-order chi connectivity index (χ1) is 42.4. The van der Waals surface area contributed by atoms with E-state index in [1.165, 1.54) is 69.3 Å². The third-order valence-electron chi connectivity index (χ3n) is 14.0. The van der Waals surface area contributed by atoms with Crippen molar-refractivity contribution in [2.75, 3.05) is 69.2 Å². The number of nitrogens with zero attached hydrogens (tertiary/aromatic N) is 2. The molecule has 0 saturated carbocycles. The molecular weight excluding hydrogens is 1220 g/mol. The maximum absolute atomic E-state index is 14.3. The zero-order valence-electron chi connectivity index (χ0n) is 52.7. The van der Waals surface area contributed by atoms with Crippen LogP contribution in [0.1, 0.15) is 129 Å². The molecule has 0 aromatic heterocycles. The molecule has 5 atom stereocenters. The summed E-state index contributed by atoms with van der Waals surface area (Å²) in [5, 5.41) is 16.2. The summed E-state index contributed by atoms with van der Waals surface area (Å²) in [5.41, 5.74) is 3.42. The number of esters is 1. The van der Waals surface area contributed by atoms with E-state index < -0.39 is 90.6 Å². The summed E-state index contributed by atoms with van der Waals surface area (Å²) in [6.45, 7) is 13.7. The predicted molar refractivity (Wildman–Crippen MR) is 353 cm³/mol. The highest BCUT2D eigenvalue weighted by molar-refractivity contribution is 8.77. The number of allylic oxidation sites excluding steroid dienone is 2. The van der Waals surface area contributed by atoms with Crippen molar-refractivity contribution in [3.05, 3.63) is 101 Å². The van der Waals surface area contributed by atoms with Crippen LogP contribution >= 0.6 is 45.1 Å². The highest BCUT2D eigenvalue weighted by atomic mass is 33.1. The van der Waals surface area contributed by atoms with Crippen LogP contribution in [0.2, 0.25) is 0 Å². The van der Waals surface area contributed by atoms with E-state index in [9.17, 15) is 52.7 Å². The van der Waals surface area contributed by atoms with Crippen molar-refractivity contribution >= 4 is 110 Å². The van der Waals surface area contributed by atoms with E-state index in [1.807, 2.05) is 72.9 Å². The number of thioether (sulfide) groups is 2. The van der Waals surface area contributed by atoms with Crippen LogP contribution in [0, 0.1) is 5.92 Å². The number of carbonyl (C=O) groups is 11. The van der Waals surface area contributed by atoms with Gasteiger partial charge in [0.25, 0.3) is 11.8 Å². The molecule has 2 aromatic carbocycles. The molecular formula is C64H90N8O13S4. The van der Waals surface area contributed by atoms with Crippen molar-refractivity contribution in [1.82, 2.24) is 41.7 Å². The van der Waals surface area contributed by atoms with Gasteiger partial charge in [0.05, 0.1) is 20.2 Å². The molecule has 1 fully saturated rings. The molecule has 2 aliphatic rings. The Morgan fingerprint density at radius 2 is 1.38 bits per heavy atom. The minimum absolute atomic E-state index is 0.0485. The normalized spacial score (nSPS) is 15.6. The lowest BCUT2D eigenvalue weighted by Crippen LogP contribution is -2.57. The number of benzene rings is 2. The number of unbranched alkanes of at least 4 members (excludes halogenated alkanes) is 2. The van der Waals surface area contributed by atoms with Gasteiger partial charge in [-0.25, -0.2) is 4.79 Å². The van der Waals surface area contributed by atoms with Gasteiger partial charge in [-0.3, -0.25) is 52.8 Å². The van der Waals surface area contributed by atoms with Gasteiger partial charge in [-0.2, -0.15) is 23.5 Å². The van der Waals surface area contributed by atoms with E-state index >= 15 is 0 Å². The maximum Gasteiger partial charge on any atom is 0.329 e. The van der Waals surface area contributed by atoms with Crippen LogP contribution in [0.3, 0.4) is 0 Å². The van der Waals surface area contributed by atoms with Gasteiger partial charge >= 0.3 is 5.97 Å². The fraction of sp³-hybridized carbons (Fsp3) is 0.547. The lowest BCUT2D eigenvalue weighted by atomic mass is 10.0. The zero-order chi connectivity index (χ0) is 65.5. The van der Waals surface area contributed by atoms with Crippen LogP contribution in [0.15, 0.2) is 90.0 Å². The Kier molecular flexibility index (Phi) is 33.3. The second-order valence-electron chi connectivity index (χ2n) is 23.1. The zero-order valence-corrected chi connectivity index (χ0v) is 56.0. The lowest BCUT2D eigenvalue weighted by Gasteiger charge is -2.30. The molecule has 1 saturated heterocycles. The first-order valence-electron chi connectivity index (χ1n) is 30.1. The molecule has 2 heterocycles. The van der Waals surface area contributed by atoms with Crippen LogP contribution in [-0.2, 0) is 52.7 Å². The Labute approximate surface area is 540 Å². The fourth-order valence-corrected chi connectivity index (χ4v) is 13.1. The average molecular weight is 1310 g/mol. The standard InChI is InChI=1S/C64H90N8O13S4/c1-42(2)36-49(67-55(75)38-66-59(79)48(31-34-86-9)69-60(80)50(41-88-89-64(5,6)7)68-54(74)37-65-53(73)23-14-11-15-32-72-56(76)28-29-57(72)77)62(82)71-33-17-22-52(71)61(81)70-51(63(83)84-8)40-87-35-30-43(3)18-16-19-44(4)39-85-47-26-24-46(25-27-47)58(78)45-20-12-10-13-21-45/h10,12-13,19-21,24-30,42,48-52H,11,14-18,22-23,31-41H2,1-9H3,(H,65,73)(H,66,79)(H,67,75)(H,68,74)(H,69,80)(H,70,81)/b43-30+,44-19+/t48-,49-,50-,51-,52-/m0/s1. The molecule has 89 heavy (non-hydrogen) atoms. The smallest absolute Gasteiger partial charge is 0.329 e. The van der Waals surface area contributed by atoms with Crippen LogP contribution in [0.4, 0.5) is 0 Å². The first kappa shape index (κ1) is 74.9. The van der Waals surface area contributed by atoms with Gasteiger partial charge in [0, 0.05) is 64.8 Å². The Hall–Kier alpha value is -6.57. The number of carbonyl (C=O) groups excluding carboxylic acids is 11. The van der Waals surface area contributed by atoms with E-state index in [2.05, 4.69) is 44.1 Å². The summed E-state index contributed by atoms with van der Waals surface area (Å²) < 4.78 is 10.8. The van der Waals surface area contributed by atoms with Crippen molar-refractivity contribution in [2.24, 2.45) is 5.92 Å². The number of imide groups is 1. The fourth-order valence-electron chi connectivity index (χ4n) is 9.20. The molecule has 0 radical (unpaired) electrons. The summed E-state index contributed by atoms with van der Waals surface area (Å²) in [6, 6.07) is 11.0. The molecule has 4 rings (SSSR count). The largest absolute Gasteiger partial charge is 0.489 e.